The van der Waals surface area contributed by atoms with Gasteiger partial charge in [-0.2, -0.15) is 0 Å². The first kappa shape index (κ1) is 10.7. The van der Waals surface area contributed by atoms with Gasteiger partial charge in [-0.3, -0.25) is 4.79 Å². The number of benzene rings is 1. The molecule has 1 aromatic heterocycles. The minimum absolute atomic E-state index is 0.0519. The van der Waals surface area contributed by atoms with E-state index < -0.39 is 0 Å². The lowest BCUT2D eigenvalue weighted by Crippen LogP contribution is -2.11. The van der Waals surface area contributed by atoms with E-state index in [1.165, 1.54) is 0 Å². The molecule has 1 aromatic carbocycles. The summed E-state index contributed by atoms with van der Waals surface area (Å²) in [5.74, 6) is 0.719. The molecule has 0 radical (unpaired) electrons. The molecule has 0 aliphatic rings. The molecule has 0 unspecified atom stereocenters. The van der Waals surface area contributed by atoms with Crippen LogP contribution in [0.25, 0.3) is 10.9 Å². The summed E-state index contributed by atoms with van der Waals surface area (Å²) in [6.07, 6.45) is 0. The topological polar surface area (TPSA) is 31.2 Å². The second-order valence-corrected chi connectivity index (χ2v) is 3.78. The number of methoxy groups -OCH3 is 1. The third-order valence-corrected chi connectivity index (χ3v) is 2.84. The zero-order valence-corrected chi connectivity index (χ0v) is 9.78. The molecule has 0 saturated carbocycles. The van der Waals surface area contributed by atoms with E-state index in [0.29, 0.717) is 5.39 Å². The Morgan fingerprint density at radius 2 is 2.06 bits per heavy atom. The van der Waals surface area contributed by atoms with Crippen molar-refractivity contribution < 1.29 is 4.74 Å². The standard InChI is InChI=1S/C13H15NO2/c1-4-14-9(2)7-13(15)11-8-10(16-3)5-6-12(11)14/h5-8H,4H2,1-3H3. The Kier molecular flexibility index (Phi) is 2.69. The molecule has 3 heteroatoms. The Balaban J connectivity index is 2.87. The Bertz CT molecular complexity index is 584. The van der Waals surface area contributed by atoms with Crippen LogP contribution in [0.3, 0.4) is 0 Å². The summed E-state index contributed by atoms with van der Waals surface area (Å²) < 4.78 is 7.25. The molecular weight excluding hydrogens is 202 g/mol. The Labute approximate surface area is 94.3 Å². The average molecular weight is 217 g/mol. The third kappa shape index (κ3) is 1.58. The van der Waals surface area contributed by atoms with Gasteiger partial charge in [0, 0.05) is 23.7 Å². The first-order valence-electron chi connectivity index (χ1n) is 5.35. The predicted octanol–water partition coefficient (Wildman–Crippen LogP) is 2.34. The fourth-order valence-corrected chi connectivity index (χ4v) is 2.03. The number of fused-ring (bicyclic) bond motifs is 1. The second kappa shape index (κ2) is 4.00. The van der Waals surface area contributed by atoms with E-state index in [9.17, 15) is 4.79 Å². The summed E-state index contributed by atoms with van der Waals surface area (Å²) in [6.45, 7) is 4.88. The summed E-state index contributed by atoms with van der Waals surface area (Å²) in [7, 11) is 1.60. The van der Waals surface area contributed by atoms with Crippen LogP contribution in [0.4, 0.5) is 0 Å². The van der Waals surface area contributed by atoms with Crippen molar-refractivity contribution in [2.24, 2.45) is 0 Å². The van der Waals surface area contributed by atoms with Crippen LogP contribution in [0, 0.1) is 6.92 Å². The molecule has 0 atom stereocenters. The summed E-state index contributed by atoms with van der Waals surface area (Å²) in [5, 5.41) is 0.715. The van der Waals surface area contributed by atoms with E-state index in [4.69, 9.17) is 4.74 Å². The second-order valence-electron chi connectivity index (χ2n) is 3.78. The predicted molar refractivity (Wildman–Crippen MR) is 65.2 cm³/mol. The minimum atomic E-state index is 0.0519. The summed E-state index contributed by atoms with van der Waals surface area (Å²) in [4.78, 5) is 11.9. The van der Waals surface area contributed by atoms with Gasteiger partial charge >= 0.3 is 0 Å². The van der Waals surface area contributed by atoms with Gasteiger partial charge in [0.25, 0.3) is 0 Å². The fourth-order valence-electron chi connectivity index (χ4n) is 2.03. The monoisotopic (exact) mass is 217 g/mol. The Morgan fingerprint density at radius 3 is 2.69 bits per heavy atom. The molecule has 0 spiro atoms. The molecule has 0 aliphatic heterocycles. The molecule has 0 bridgehead atoms. The van der Waals surface area contributed by atoms with Gasteiger partial charge in [-0.25, -0.2) is 0 Å². The van der Waals surface area contributed by atoms with Gasteiger partial charge in [0.1, 0.15) is 5.75 Å². The van der Waals surface area contributed by atoms with Crippen LogP contribution in [0.2, 0.25) is 0 Å². The smallest absolute Gasteiger partial charge is 0.189 e. The lowest BCUT2D eigenvalue weighted by molar-refractivity contribution is 0.415. The van der Waals surface area contributed by atoms with E-state index in [1.807, 2.05) is 19.1 Å². The normalized spacial score (nSPS) is 10.7. The number of ether oxygens (including phenoxy) is 1. The lowest BCUT2D eigenvalue weighted by Gasteiger charge is -2.12. The zero-order valence-electron chi connectivity index (χ0n) is 9.78. The molecule has 3 nitrogen and oxygen atoms in total. The van der Waals surface area contributed by atoms with Crippen LogP contribution in [-0.2, 0) is 6.54 Å². The quantitative estimate of drug-likeness (QED) is 0.773. The van der Waals surface area contributed by atoms with E-state index >= 15 is 0 Å². The number of hydrogen-bond donors (Lipinski definition) is 0. The van der Waals surface area contributed by atoms with Crippen LogP contribution in [0.15, 0.2) is 29.1 Å². The molecule has 84 valence electrons. The molecular formula is C13H15NO2. The molecule has 0 saturated heterocycles. The van der Waals surface area contributed by atoms with Gasteiger partial charge in [0.15, 0.2) is 5.43 Å². The Morgan fingerprint density at radius 1 is 1.31 bits per heavy atom. The number of pyridine rings is 1. The number of aromatic nitrogens is 1. The maximum absolute atomic E-state index is 11.9. The van der Waals surface area contributed by atoms with Gasteiger partial charge in [0.2, 0.25) is 0 Å². The van der Waals surface area contributed by atoms with Crippen molar-refractivity contribution in [2.45, 2.75) is 20.4 Å². The van der Waals surface area contributed by atoms with Crippen molar-refractivity contribution in [3.8, 4) is 5.75 Å². The molecule has 1 heterocycles. The van der Waals surface area contributed by atoms with E-state index in [1.54, 1.807) is 19.2 Å². The molecule has 0 N–H and O–H groups in total. The van der Waals surface area contributed by atoms with Crippen molar-refractivity contribution in [2.75, 3.05) is 7.11 Å². The van der Waals surface area contributed by atoms with E-state index in [2.05, 4.69) is 11.5 Å². The molecule has 2 rings (SSSR count). The van der Waals surface area contributed by atoms with Gasteiger partial charge in [-0.15, -0.1) is 0 Å². The van der Waals surface area contributed by atoms with E-state index in [-0.39, 0.29) is 5.43 Å². The average Bonchev–Trinajstić information content (AvgIpc) is 2.29. The number of nitrogens with zero attached hydrogens (tertiary/aromatic N) is 1. The fraction of sp³-hybridized carbons (Fsp3) is 0.308. The number of rotatable bonds is 2. The first-order valence-corrected chi connectivity index (χ1v) is 5.35. The van der Waals surface area contributed by atoms with Crippen LogP contribution >= 0.6 is 0 Å². The highest BCUT2D eigenvalue weighted by molar-refractivity contribution is 5.80. The first-order chi connectivity index (χ1) is 7.67. The molecule has 0 aliphatic carbocycles. The number of aryl methyl sites for hydroxylation is 2. The van der Waals surface area contributed by atoms with Crippen LogP contribution in [0.1, 0.15) is 12.6 Å². The maximum Gasteiger partial charge on any atom is 0.189 e. The minimum Gasteiger partial charge on any atom is -0.497 e. The van der Waals surface area contributed by atoms with Crippen molar-refractivity contribution in [3.63, 3.8) is 0 Å². The number of hydrogen-bond acceptors (Lipinski definition) is 2. The van der Waals surface area contributed by atoms with Gasteiger partial charge in [0.05, 0.1) is 12.6 Å². The SMILES string of the molecule is CCn1c(C)cc(=O)c2cc(OC)ccc21. The molecule has 2 aromatic rings. The molecule has 0 amide bonds. The van der Waals surface area contributed by atoms with Crippen LogP contribution < -0.4 is 10.2 Å². The van der Waals surface area contributed by atoms with Gasteiger partial charge < -0.3 is 9.30 Å². The van der Waals surface area contributed by atoms with Crippen LogP contribution in [0.5, 0.6) is 5.75 Å². The molecule has 16 heavy (non-hydrogen) atoms. The third-order valence-electron chi connectivity index (χ3n) is 2.84. The zero-order chi connectivity index (χ0) is 11.7. The van der Waals surface area contributed by atoms with Gasteiger partial charge in [-0.05, 0) is 32.0 Å². The van der Waals surface area contributed by atoms with Crippen LogP contribution in [-0.4, -0.2) is 11.7 Å². The maximum atomic E-state index is 11.9. The molecule has 0 fully saturated rings. The largest absolute Gasteiger partial charge is 0.497 e. The highest BCUT2D eigenvalue weighted by Crippen LogP contribution is 2.19. The summed E-state index contributed by atoms with van der Waals surface area (Å²) in [5.41, 5.74) is 2.01. The van der Waals surface area contributed by atoms with Crippen molar-refractivity contribution in [3.05, 3.63) is 40.2 Å². The van der Waals surface area contributed by atoms with E-state index in [0.717, 1.165) is 23.5 Å². The highest BCUT2D eigenvalue weighted by Gasteiger charge is 2.06. The lowest BCUT2D eigenvalue weighted by atomic mass is 10.1. The van der Waals surface area contributed by atoms with Crippen molar-refractivity contribution in [1.29, 1.82) is 0 Å². The van der Waals surface area contributed by atoms with Crippen molar-refractivity contribution in [1.82, 2.24) is 4.57 Å². The summed E-state index contributed by atoms with van der Waals surface area (Å²) in [6, 6.07) is 7.29. The summed E-state index contributed by atoms with van der Waals surface area (Å²) >= 11 is 0. The van der Waals surface area contributed by atoms with Gasteiger partial charge in [-0.1, -0.05) is 0 Å². The Hall–Kier alpha value is -1.77. The highest BCUT2D eigenvalue weighted by atomic mass is 16.5. The van der Waals surface area contributed by atoms with Crippen molar-refractivity contribution >= 4 is 10.9 Å².